The molecule has 0 bridgehead atoms. The van der Waals surface area contributed by atoms with Crippen molar-refractivity contribution < 1.29 is 4.79 Å². The van der Waals surface area contributed by atoms with Crippen molar-refractivity contribution in [2.75, 3.05) is 0 Å². The van der Waals surface area contributed by atoms with Crippen LogP contribution in [0.2, 0.25) is 0 Å². The molecule has 3 rings (SSSR count). The van der Waals surface area contributed by atoms with Gasteiger partial charge < -0.3 is 0 Å². The van der Waals surface area contributed by atoms with Crippen molar-refractivity contribution in [1.82, 2.24) is 4.98 Å². The van der Waals surface area contributed by atoms with Crippen molar-refractivity contribution in [1.29, 1.82) is 0 Å². The Morgan fingerprint density at radius 2 is 2.00 bits per heavy atom. The summed E-state index contributed by atoms with van der Waals surface area (Å²) in [5.41, 5.74) is 4.74. The van der Waals surface area contributed by atoms with Crippen LogP contribution in [0.25, 0.3) is 0 Å². The van der Waals surface area contributed by atoms with Crippen molar-refractivity contribution in [3.8, 4) is 0 Å². The van der Waals surface area contributed by atoms with Gasteiger partial charge in [0.1, 0.15) is 0 Å². The molecule has 0 fully saturated rings. The Bertz CT molecular complexity index is 619. The van der Waals surface area contributed by atoms with Crippen LogP contribution < -0.4 is 0 Å². The number of rotatable bonds is 3. The molecule has 0 N–H and O–H groups in total. The van der Waals surface area contributed by atoms with Crippen molar-refractivity contribution >= 4 is 5.78 Å². The van der Waals surface area contributed by atoms with Gasteiger partial charge in [0.15, 0.2) is 5.78 Å². The lowest BCUT2D eigenvalue weighted by Crippen LogP contribution is -2.23. The van der Waals surface area contributed by atoms with Crippen LogP contribution in [0.5, 0.6) is 0 Å². The quantitative estimate of drug-likeness (QED) is 0.845. The van der Waals surface area contributed by atoms with Crippen molar-refractivity contribution in [2.45, 2.75) is 32.6 Å². The number of fused-ring (bicyclic) bond motifs is 1. The van der Waals surface area contributed by atoms with E-state index in [0.717, 1.165) is 31.2 Å². The third kappa shape index (κ3) is 2.51. The van der Waals surface area contributed by atoms with Crippen LogP contribution in [-0.4, -0.2) is 10.8 Å². The highest BCUT2D eigenvalue weighted by atomic mass is 16.1. The zero-order chi connectivity index (χ0) is 13.9. The molecule has 0 amide bonds. The highest BCUT2D eigenvalue weighted by Gasteiger charge is 2.27. The highest BCUT2D eigenvalue weighted by molar-refractivity contribution is 6.00. The SMILES string of the molecule is Cc1cccc2c1CCC(CCc1ccncc1)C2=O. The average molecular weight is 265 g/mol. The van der Waals surface area contributed by atoms with E-state index < -0.39 is 0 Å². The molecule has 1 unspecified atom stereocenters. The van der Waals surface area contributed by atoms with Gasteiger partial charge in [-0.2, -0.15) is 0 Å². The minimum atomic E-state index is 0.178. The first kappa shape index (κ1) is 13.0. The predicted molar refractivity (Wildman–Crippen MR) is 79.9 cm³/mol. The van der Waals surface area contributed by atoms with E-state index in [1.807, 2.05) is 36.7 Å². The third-order valence-electron chi connectivity index (χ3n) is 4.32. The number of hydrogen-bond acceptors (Lipinski definition) is 2. The molecule has 20 heavy (non-hydrogen) atoms. The van der Waals surface area contributed by atoms with E-state index in [0.29, 0.717) is 5.78 Å². The monoisotopic (exact) mass is 265 g/mol. The molecule has 2 heteroatoms. The second-order valence-corrected chi connectivity index (χ2v) is 5.60. The van der Waals surface area contributed by atoms with Gasteiger partial charge in [0.2, 0.25) is 0 Å². The molecule has 0 aliphatic heterocycles. The fourth-order valence-electron chi connectivity index (χ4n) is 3.10. The van der Waals surface area contributed by atoms with Crippen molar-refractivity contribution in [3.05, 3.63) is 65.0 Å². The van der Waals surface area contributed by atoms with E-state index in [4.69, 9.17) is 0 Å². The first-order valence-corrected chi connectivity index (χ1v) is 7.27. The number of carbonyl (C=O) groups is 1. The molecule has 1 aliphatic rings. The van der Waals surface area contributed by atoms with E-state index in [-0.39, 0.29) is 5.92 Å². The highest BCUT2D eigenvalue weighted by Crippen LogP contribution is 2.30. The van der Waals surface area contributed by atoms with Crippen LogP contribution in [0.4, 0.5) is 0 Å². The molecule has 2 nitrogen and oxygen atoms in total. The molecule has 1 heterocycles. The summed E-state index contributed by atoms with van der Waals surface area (Å²) in [5.74, 6) is 0.515. The molecule has 0 spiro atoms. The predicted octanol–water partition coefficient (Wildman–Crippen LogP) is 3.77. The summed E-state index contributed by atoms with van der Waals surface area (Å²) < 4.78 is 0. The van der Waals surface area contributed by atoms with Crippen LogP contribution in [0.15, 0.2) is 42.7 Å². The number of carbonyl (C=O) groups excluding carboxylic acids is 1. The lowest BCUT2D eigenvalue weighted by Gasteiger charge is -2.24. The summed E-state index contributed by atoms with van der Waals surface area (Å²) in [4.78, 5) is 16.6. The van der Waals surface area contributed by atoms with Crippen LogP contribution in [0.3, 0.4) is 0 Å². The fourth-order valence-corrected chi connectivity index (χ4v) is 3.10. The maximum atomic E-state index is 12.6. The first-order valence-electron chi connectivity index (χ1n) is 7.27. The Labute approximate surface area is 119 Å². The molecule has 1 aromatic heterocycles. The van der Waals surface area contributed by atoms with Crippen molar-refractivity contribution in [2.24, 2.45) is 5.92 Å². The molecule has 0 saturated carbocycles. The van der Waals surface area contributed by atoms with Crippen LogP contribution in [0.1, 0.15) is 39.9 Å². The number of aromatic nitrogens is 1. The first-order chi connectivity index (χ1) is 9.75. The summed E-state index contributed by atoms with van der Waals surface area (Å²) in [6, 6.07) is 10.2. The number of nitrogens with zero attached hydrogens (tertiary/aromatic N) is 1. The van der Waals surface area contributed by atoms with Gasteiger partial charge in [0.05, 0.1) is 0 Å². The summed E-state index contributed by atoms with van der Waals surface area (Å²) in [5, 5.41) is 0. The molecule has 1 atom stereocenters. The molecular weight excluding hydrogens is 246 g/mol. The molecule has 0 radical (unpaired) electrons. The fraction of sp³-hybridized carbons (Fsp3) is 0.333. The molecular formula is C18H19NO. The van der Waals surface area contributed by atoms with Gasteiger partial charge in [0.25, 0.3) is 0 Å². The molecule has 0 saturated heterocycles. The summed E-state index contributed by atoms with van der Waals surface area (Å²) in [7, 11) is 0. The minimum absolute atomic E-state index is 0.178. The standard InChI is InChI=1S/C18H19NO/c1-13-3-2-4-17-16(13)8-7-15(18(17)20)6-5-14-9-11-19-12-10-14/h2-4,9-12,15H,5-8H2,1H3. The van der Waals surface area contributed by atoms with Gasteiger partial charge >= 0.3 is 0 Å². The van der Waals surface area contributed by atoms with Crippen LogP contribution >= 0.6 is 0 Å². The maximum Gasteiger partial charge on any atom is 0.166 e. The number of benzene rings is 1. The summed E-state index contributed by atoms with van der Waals surface area (Å²) in [6.07, 6.45) is 7.56. The second-order valence-electron chi connectivity index (χ2n) is 5.60. The minimum Gasteiger partial charge on any atom is -0.294 e. The molecule has 102 valence electrons. The molecule has 1 aromatic carbocycles. The zero-order valence-electron chi connectivity index (χ0n) is 11.8. The van der Waals surface area contributed by atoms with Gasteiger partial charge in [-0.1, -0.05) is 18.2 Å². The number of aryl methyl sites for hydroxylation is 2. The van der Waals surface area contributed by atoms with Gasteiger partial charge in [0, 0.05) is 23.9 Å². The Hall–Kier alpha value is -1.96. The van der Waals surface area contributed by atoms with Crippen LogP contribution in [-0.2, 0) is 12.8 Å². The number of Topliss-reactive ketones (excluding diaryl/α,β-unsaturated/α-hetero) is 1. The van der Waals surface area contributed by atoms with E-state index in [9.17, 15) is 4.79 Å². The third-order valence-corrected chi connectivity index (χ3v) is 4.32. The van der Waals surface area contributed by atoms with Gasteiger partial charge in [-0.3, -0.25) is 9.78 Å². The largest absolute Gasteiger partial charge is 0.294 e. The van der Waals surface area contributed by atoms with Crippen LogP contribution in [0, 0.1) is 12.8 Å². The Morgan fingerprint density at radius 1 is 1.20 bits per heavy atom. The Kier molecular flexibility index (Phi) is 3.64. The number of pyridine rings is 1. The van der Waals surface area contributed by atoms with E-state index in [1.165, 1.54) is 16.7 Å². The Balaban J connectivity index is 1.73. The van der Waals surface area contributed by atoms with E-state index >= 15 is 0 Å². The van der Waals surface area contributed by atoms with E-state index in [2.05, 4.69) is 18.0 Å². The van der Waals surface area contributed by atoms with Gasteiger partial charge in [-0.25, -0.2) is 0 Å². The zero-order valence-corrected chi connectivity index (χ0v) is 11.8. The second kappa shape index (κ2) is 5.58. The Morgan fingerprint density at radius 3 is 2.80 bits per heavy atom. The molecule has 1 aliphatic carbocycles. The maximum absolute atomic E-state index is 12.6. The molecule has 2 aromatic rings. The van der Waals surface area contributed by atoms with Crippen molar-refractivity contribution in [3.63, 3.8) is 0 Å². The smallest absolute Gasteiger partial charge is 0.166 e. The lowest BCUT2D eigenvalue weighted by molar-refractivity contribution is 0.0895. The van der Waals surface area contributed by atoms with E-state index in [1.54, 1.807) is 0 Å². The van der Waals surface area contributed by atoms with Gasteiger partial charge in [-0.05, 0) is 61.4 Å². The summed E-state index contributed by atoms with van der Waals surface area (Å²) >= 11 is 0. The average Bonchev–Trinajstić information content (AvgIpc) is 2.48. The number of ketones is 1. The van der Waals surface area contributed by atoms with Gasteiger partial charge in [-0.15, -0.1) is 0 Å². The topological polar surface area (TPSA) is 30.0 Å². The normalized spacial score (nSPS) is 17.9. The summed E-state index contributed by atoms with van der Waals surface area (Å²) in [6.45, 7) is 2.10. The lowest BCUT2D eigenvalue weighted by atomic mass is 9.79. The number of hydrogen-bond donors (Lipinski definition) is 0.